The number of fused-ring (bicyclic) bond motifs is 1. The van der Waals surface area contributed by atoms with E-state index >= 15 is 0 Å². The molecular formula is C20H21F3N8O. The molecule has 3 aromatic heterocycles. The largest absolute Gasteiger partial charge is 0.493 e. The van der Waals surface area contributed by atoms with E-state index in [1.807, 2.05) is 19.0 Å². The molecule has 0 saturated carbocycles. The number of nitrogens with zero attached hydrogens (tertiary/aromatic N) is 7. The number of rotatable bonds is 8. The van der Waals surface area contributed by atoms with Gasteiger partial charge in [-0.1, -0.05) is 5.21 Å². The SMILES string of the molecule is CN(C)CCCOc1ccc(-c2nn(Cc3nn[nH]n3)c3ncccc23)cc1C(F)(F)F. The Kier molecular flexibility index (Phi) is 6.04. The Morgan fingerprint density at radius 1 is 1.19 bits per heavy atom. The van der Waals surface area contributed by atoms with Crippen molar-refractivity contribution in [2.24, 2.45) is 0 Å². The number of alkyl halides is 3. The van der Waals surface area contributed by atoms with E-state index in [2.05, 4.69) is 30.7 Å². The van der Waals surface area contributed by atoms with Crippen LogP contribution in [0.2, 0.25) is 0 Å². The van der Waals surface area contributed by atoms with Crippen molar-refractivity contribution < 1.29 is 17.9 Å². The predicted molar refractivity (Wildman–Crippen MR) is 110 cm³/mol. The lowest BCUT2D eigenvalue weighted by atomic mass is 10.0. The molecule has 0 unspecified atom stereocenters. The molecule has 9 nitrogen and oxygen atoms in total. The molecule has 3 heterocycles. The predicted octanol–water partition coefficient (Wildman–Crippen LogP) is 3.01. The molecule has 0 atom stereocenters. The van der Waals surface area contributed by atoms with Crippen LogP contribution >= 0.6 is 0 Å². The van der Waals surface area contributed by atoms with Gasteiger partial charge in [-0.25, -0.2) is 9.67 Å². The van der Waals surface area contributed by atoms with Crippen LogP contribution in [0.15, 0.2) is 36.5 Å². The van der Waals surface area contributed by atoms with E-state index in [4.69, 9.17) is 4.74 Å². The zero-order valence-electron chi connectivity index (χ0n) is 17.5. The number of nitrogens with one attached hydrogen (secondary N) is 1. The van der Waals surface area contributed by atoms with Crippen molar-refractivity contribution in [2.45, 2.75) is 19.1 Å². The Morgan fingerprint density at radius 3 is 2.75 bits per heavy atom. The van der Waals surface area contributed by atoms with Gasteiger partial charge in [-0.3, -0.25) is 0 Å². The molecule has 12 heteroatoms. The first kappa shape index (κ1) is 21.7. The van der Waals surface area contributed by atoms with Crippen molar-refractivity contribution >= 4 is 11.0 Å². The topological polar surface area (TPSA) is 97.6 Å². The highest BCUT2D eigenvalue weighted by Crippen LogP contribution is 2.39. The van der Waals surface area contributed by atoms with Crippen LogP contribution in [0.3, 0.4) is 0 Å². The van der Waals surface area contributed by atoms with E-state index in [1.54, 1.807) is 24.4 Å². The van der Waals surface area contributed by atoms with Crippen molar-refractivity contribution in [1.29, 1.82) is 0 Å². The highest BCUT2D eigenvalue weighted by molar-refractivity contribution is 5.91. The molecule has 168 valence electrons. The summed E-state index contributed by atoms with van der Waals surface area (Å²) < 4.78 is 48.4. The molecule has 0 aliphatic heterocycles. The van der Waals surface area contributed by atoms with Crippen LogP contribution < -0.4 is 4.74 Å². The second-order valence-corrected chi connectivity index (χ2v) is 7.42. The number of halogens is 3. The van der Waals surface area contributed by atoms with E-state index < -0.39 is 11.7 Å². The van der Waals surface area contributed by atoms with E-state index in [-0.39, 0.29) is 18.9 Å². The Bertz CT molecular complexity index is 1190. The van der Waals surface area contributed by atoms with Crippen LogP contribution in [0.4, 0.5) is 13.2 Å². The molecule has 0 aliphatic carbocycles. The summed E-state index contributed by atoms with van der Waals surface area (Å²) in [5, 5.41) is 18.8. The average molecular weight is 446 g/mol. The van der Waals surface area contributed by atoms with Gasteiger partial charge in [0.05, 0.1) is 12.2 Å². The first-order chi connectivity index (χ1) is 15.3. The highest BCUT2D eigenvalue weighted by Gasteiger charge is 2.35. The molecule has 0 radical (unpaired) electrons. The molecule has 0 fully saturated rings. The van der Waals surface area contributed by atoms with Crippen molar-refractivity contribution in [1.82, 2.24) is 40.3 Å². The molecule has 0 aliphatic rings. The summed E-state index contributed by atoms with van der Waals surface area (Å²) >= 11 is 0. The minimum absolute atomic E-state index is 0.170. The van der Waals surface area contributed by atoms with E-state index in [0.717, 1.165) is 12.6 Å². The minimum Gasteiger partial charge on any atom is -0.493 e. The summed E-state index contributed by atoms with van der Waals surface area (Å²) in [6.07, 6.45) is -2.37. The molecule has 0 spiro atoms. The smallest absolute Gasteiger partial charge is 0.419 e. The number of hydrogen-bond donors (Lipinski definition) is 1. The van der Waals surface area contributed by atoms with Gasteiger partial charge in [-0.15, -0.1) is 10.2 Å². The number of ether oxygens (including phenoxy) is 1. The van der Waals surface area contributed by atoms with Gasteiger partial charge >= 0.3 is 6.18 Å². The van der Waals surface area contributed by atoms with Crippen molar-refractivity contribution in [3.8, 4) is 17.0 Å². The van der Waals surface area contributed by atoms with E-state index in [1.165, 1.54) is 10.7 Å². The van der Waals surface area contributed by atoms with Crippen molar-refractivity contribution in [2.75, 3.05) is 27.2 Å². The van der Waals surface area contributed by atoms with E-state index in [9.17, 15) is 13.2 Å². The lowest BCUT2D eigenvalue weighted by Crippen LogP contribution is -2.16. The molecule has 0 bridgehead atoms. The Hall–Kier alpha value is -3.54. The van der Waals surface area contributed by atoms with Gasteiger partial charge in [0.1, 0.15) is 18.0 Å². The highest BCUT2D eigenvalue weighted by atomic mass is 19.4. The molecular weight excluding hydrogens is 425 g/mol. The summed E-state index contributed by atoms with van der Waals surface area (Å²) in [6, 6.07) is 7.45. The van der Waals surface area contributed by atoms with Crippen LogP contribution in [-0.2, 0) is 12.7 Å². The van der Waals surface area contributed by atoms with Gasteiger partial charge in [0, 0.05) is 23.7 Å². The Morgan fingerprint density at radius 2 is 2.03 bits per heavy atom. The maximum absolute atomic E-state index is 13.8. The number of aromatic nitrogens is 7. The maximum Gasteiger partial charge on any atom is 0.419 e. The first-order valence-electron chi connectivity index (χ1n) is 9.86. The molecule has 0 amide bonds. The third-order valence-electron chi connectivity index (χ3n) is 4.75. The summed E-state index contributed by atoms with van der Waals surface area (Å²) in [4.78, 5) is 6.27. The lowest BCUT2D eigenvalue weighted by molar-refractivity contribution is -0.138. The fourth-order valence-electron chi connectivity index (χ4n) is 3.30. The van der Waals surface area contributed by atoms with Crippen molar-refractivity contribution in [3.05, 3.63) is 47.9 Å². The van der Waals surface area contributed by atoms with Crippen LogP contribution in [-0.4, -0.2) is 67.5 Å². The van der Waals surface area contributed by atoms with Gasteiger partial charge in [0.25, 0.3) is 0 Å². The van der Waals surface area contributed by atoms with Gasteiger partial charge in [-0.2, -0.15) is 23.5 Å². The summed E-state index contributed by atoms with van der Waals surface area (Å²) in [5.41, 5.74) is 0.346. The van der Waals surface area contributed by atoms with Crippen LogP contribution in [0.1, 0.15) is 17.8 Å². The third-order valence-corrected chi connectivity index (χ3v) is 4.75. The number of tetrazole rings is 1. The standard InChI is InChI=1S/C20H21F3N8O/c1-30(2)9-4-10-32-16-7-6-13(11-15(16)20(21,22)23)18-14-5-3-8-24-19(14)31(27-18)12-17-25-28-29-26-17/h3,5-8,11H,4,9-10,12H2,1-2H3,(H,25,26,28,29). The number of aromatic amines is 1. The first-order valence-corrected chi connectivity index (χ1v) is 9.86. The fourth-order valence-corrected chi connectivity index (χ4v) is 3.30. The zero-order chi connectivity index (χ0) is 22.7. The average Bonchev–Trinajstić information content (AvgIpc) is 3.39. The van der Waals surface area contributed by atoms with Crippen LogP contribution in [0.5, 0.6) is 5.75 Å². The van der Waals surface area contributed by atoms with Gasteiger partial charge in [-0.05, 0) is 50.8 Å². The zero-order valence-corrected chi connectivity index (χ0v) is 17.5. The van der Waals surface area contributed by atoms with Crippen LogP contribution in [0, 0.1) is 0 Å². The van der Waals surface area contributed by atoms with Gasteiger partial charge in [0.2, 0.25) is 0 Å². The van der Waals surface area contributed by atoms with Crippen LogP contribution in [0.25, 0.3) is 22.3 Å². The monoisotopic (exact) mass is 446 g/mol. The normalized spacial score (nSPS) is 12.1. The summed E-state index contributed by atoms with van der Waals surface area (Å²) in [6.45, 7) is 1.08. The second-order valence-electron chi connectivity index (χ2n) is 7.42. The van der Waals surface area contributed by atoms with E-state index in [0.29, 0.717) is 34.5 Å². The molecule has 1 aromatic carbocycles. The second kappa shape index (κ2) is 8.91. The molecule has 4 rings (SSSR count). The Balaban J connectivity index is 1.70. The summed E-state index contributed by atoms with van der Waals surface area (Å²) in [7, 11) is 3.79. The fraction of sp³-hybridized carbons (Fsp3) is 0.350. The molecule has 0 saturated heterocycles. The molecule has 4 aromatic rings. The van der Waals surface area contributed by atoms with Gasteiger partial charge < -0.3 is 9.64 Å². The van der Waals surface area contributed by atoms with Gasteiger partial charge in [0.15, 0.2) is 11.5 Å². The lowest BCUT2D eigenvalue weighted by Gasteiger charge is -2.16. The summed E-state index contributed by atoms with van der Waals surface area (Å²) in [5.74, 6) is 0.178. The number of hydrogen-bond acceptors (Lipinski definition) is 7. The Labute approximate surface area is 181 Å². The number of H-pyrrole nitrogens is 1. The maximum atomic E-state index is 13.8. The molecule has 1 N–H and O–H groups in total. The van der Waals surface area contributed by atoms with Crippen molar-refractivity contribution in [3.63, 3.8) is 0 Å². The number of pyridine rings is 1. The third kappa shape index (κ3) is 4.69. The quantitative estimate of drug-likeness (QED) is 0.416. The minimum atomic E-state index is -4.58. The molecule has 32 heavy (non-hydrogen) atoms. The number of benzene rings is 1.